The van der Waals surface area contributed by atoms with Crippen molar-refractivity contribution in [3.05, 3.63) is 29.8 Å². The molecular weight excluding hydrogens is 294 g/mol. The number of likely N-dealkylation sites (N-methyl/N-ethyl adjacent to an activating group) is 2. The number of anilines is 1. The van der Waals surface area contributed by atoms with Crippen LogP contribution in [0.4, 0.5) is 5.69 Å². The monoisotopic (exact) mass is 319 g/mol. The summed E-state index contributed by atoms with van der Waals surface area (Å²) in [6.07, 6.45) is 2.15. The Morgan fingerprint density at radius 2 is 2.04 bits per heavy atom. The highest BCUT2D eigenvalue weighted by Crippen LogP contribution is 2.17. The number of likely N-dealkylation sites (tertiary alicyclic amines) is 1. The molecule has 1 unspecified atom stereocenters. The van der Waals surface area contributed by atoms with E-state index in [1.165, 1.54) is 7.11 Å². The number of nitrogens with zero attached hydrogens (tertiary/aromatic N) is 2. The molecule has 0 aromatic heterocycles. The van der Waals surface area contributed by atoms with Crippen molar-refractivity contribution in [1.29, 1.82) is 0 Å². The second-order valence-electron chi connectivity index (χ2n) is 6.03. The van der Waals surface area contributed by atoms with Crippen LogP contribution in [0.5, 0.6) is 0 Å². The Morgan fingerprint density at radius 1 is 1.35 bits per heavy atom. The molecule has 2 rings (SSSR count). The molecule has 0 radical (unpaired) electrons. The Bertz CT molecular complexity index is 545. The van der Waals surface area contributed by atoms with Gasteiger partial charge < -0.3 is 19.9 Å². The average molecular weight is 319 g/mol. The second kappa shape index (κ2) is 8.08. The van der Waals surface area contributed by atoms with Crippen molar-refractivity contribution in [2.24, 2.45) is 0 Å². The lowest BCUT2D eigenvalue weighted by Crippen LogP contribution is -2.47. The molecule has 126 valence electrons. The van der Waals surface area contributed by atoms with E-state index < -0.39 is 0 Å². The van der Waals surface area contributed by atoms with Crippen LogP contribution in [0.1, 0.15) is 23.2 Å². The molecule has 0 aliphatic carbocycles. The molecule has 0 saturated carbocycles. The molecule has 1 saturated heterocycles. The molecule has 1 fully saturated rings. The highest BCUT2D eigenvalue weighted by atomic mass is 16.5. The van der Waals surface area contributed by atoms with Crippen LogP contribution in [0.3, 0.4) is 0 Å². The fourth-order valence-corrected chi connectivity index (χ4v) is 2.85. The maximum atomic E-state index is 12.6. The average Bonchev–Trinajstić information content (AvgIpc) is 2.54. The molecule has 6 heteroatoms. The summed E-state index contributed by atoms with van der Waals surface area (Å²) in [6.45, 7) is 2.01. The van der Waals surface area contributed by atoms with Crippen molar-refractivity contribution in [3.63, 3.8) is 0 Å². The Hall–Kier alpha value is -1.92. The zero-order chi connectivity index (χ0) is 16.8. The zero-order valence-corrected chi connectivity index (χ0v) is 14.0. The van der Waals surface area contributed by atoms with E-state index in [1.54, 1.807) is 24.3 Å². The Morgan fingerprint density at radius 3 is 2.65 bits per heavy atom. The normalized spacial score (nSPS) is 18.5. The summed E-state index contributed by atoms with van der Waals surface area (Å²) < 4.78 is 4.77. The van der Waals surface area contributed by atoms with Gasteiger partial charge in [-0.3, -0.25) is 9.59 Å². The van der Waals surface area contributed by atoms with Gasteiger partial charge in [0.1, 0.15) is 6.61 Å². The maximum Gasteiger partial charge on any atom is 0.253 e. The van der Waals surface area contributed by atoms with Gasteiger partial charge in [-0.25, -0.2) is 0 Å². The molecule has 1 aromatic carbocycles. The third-order valence-electron chi connectivity index (χ3n) is 4.16. The smallest absolute Gasteiger partial charge is 0.253 e. The number of amides is 2. The van der Waals surface area contributed by atoms with E-state index >= 15 is 0 Å². The van der Waals surface area contributed by atoms with Gasteiger partial charge in [0.15, 0.2) is 0 Å². The van der Waals surface area contributed by atoms with Crippen molar-refractivity contribution in [3.8, 4) is 0 Å². The Labute approximate surface area is 137 Å². The summed E-state index contributed by atoms with van der Waals surface area (Å²) >= 11 is 0. The zero-order valence-electron chi connectivity index (χ0n) is 14.0. The minimum absolute atomic E-state index is 0.0125. The molecule has 1 heterocycles. The number of carbonyl (C=O) groups is 2. The van der Waals surface area contributed by atoms with Gasteiger partial charge in [-0.15, -0.1) is 0 Å². The maximum absolute atomic E-state index is 12.6. The minimum Gasteiger partial charge on any atom is -0.375 e. The standard InChI is InChI=1S/C17H25N3O3/c1-19-10-4-5-15(11-19)20(2)17(22)13-6-8-14(9-7-13)18-16(21)12-23-3/h6-9,15H,4-5,10-12H2,1-3H3,(H,18,21). The summed E-state index contributed by atoms with van der Waals surface area (Å²) in [5.74, 6) is -0.200. The van der Waals surface area contributed by atoms with Crippen LogP contribution in [0.25, 0.3) is 0 Å². The number of nitrogens with one attached hydrogen (secondary N) is 1. The number of ether oxygens (including phenoxy) is 1. The first-order valence-electron chi connectivity index (χ1n) is 7.86. The van der Waals surface area contributed by atoms with E-state index in [-0.39, 0.29) is 24.5 Å². The van der Waals surface area contributed by atoms with Gasteiger partial charge in [0, 0.05) is 38.0 Å². The lowest BCUT2D eigenvalue weighted by Gasteiger charge is -2.35. The molecule has 23 heavy (non-hydrogen) atoms. The highest BCUT2D eigenvalue weighted by molar-refractivity contribution is 5.96. The molecule has 1 aromatic rings. The Kier molecular flexibility index (Phi) is 6.12. The third kappa shape index (κ3) is 4.77. The summed E-state index contributed by atoms with van der Waals surface area (Å²) in [4.78, 5) is 28.1. The lowest BCUT2D eigenvalue weighted by molar-refractivity contribution is -0.119. The third-order valence-corrected chi connectivity index (χ3v) is 4.16. The fourth-order valence-electron chi connectivity index (χ4n) is 2.85. The van der Waals surface area contributed by atoms with Gasteiger partial charge in [0.2, 0.25) is 5.91 Å². The molecule has 6 nitrogen and oxygen atoms in total. The van der Waals surface area contributed by atoms with Crippen LogP contribution < -0.4 is 5.32 Å². The molecule has 1 aliphatic rings. The molecule has 1 N–H and O–H groups in total. The van der Waals surface area contributed by atoms with E-state index in [1.807, 2.05) is 11.9 Å². The molecule has 1 atom stereocenters. The van der Waals surface area contributed by atoms with Crippen LogP contribution in [-0.4, -0.2) is 68.6 Å². The second-order valence-corrected chi connectivity index (χ2v) is 6.03. The molecule has 1 aliphatic heterocycles. The van der Waals surface area contributed by atoms with E-state index in [4.69, 9.17) is 4.74 Å². The minimum atomic E-state index is -0.214. The quantitative estimate of drug-likeness (QED) is 0.892. The number of carbonyl (C=O) groups excluding carboxylic acids is 2. The molecule has 0 spiro atoms. The summed E-state index contributed by atoms with van der Waals surface area (Å²) in [5, 5.41) is 2.71. The van der Waals surface area contributed by atoms with Crippen LogP contribution in [0.15, 0.2) is 24.3 Å². The van der Waals surface area contributed by atoms with Crippen molar-refractivity contribution in [2.45, 2.75) is 18.9 Å². The van der Waals surface area contributed by atoms with E-state index in [0.29, 0.717) is 11.3 Å². The van der Waals surface area contributed by atoms with Crippen molar-refractivity contribution >= 4 is 17.5 Å². The van der Waals surface area contributed by atoms with Crippen LogP contribution in [0.2, 0.25) is 0 Å². The van der Waals surface area contributed by atoms with Crippen molar-refractivity contribution in [2.75, 3.05) is 46.2 Å². The van der Waals surface area contributed by atoms with Gasteiger partial charge in [0.25, 0.3) is 5.91 Å². The van der Waals surface area contributed by atoms with Crippen molar-refractivity contribution in [1.82, 2.24) is 9.80 Å². The summed E-state index contributed by atoms with van der Waals surface area (Å²) in [5.41, 5.74) is 1.29. The Balaban J connectivity index is 1.97. The van der Waals surface area contributed by atoms with Gasteiger partial charge in [0.05, 0.1) is 0 Å². The van der Waals surface area contributed by atoms with Gasteiger partial charge in [-0.1, -0.05) is 0 Å². The predicted octanol–water partition coefficient (Wildman–Crippen LogP) is 1.44. The first-order chi connectivity index (χ1) is 11.0. The summed E-state index contributed by atoms with van der Waals surface area (Å²) in [7, 11) is 5.42. The summed E-state index contributed by atoms with van der Waals surface area (Å²) in [6, 6.07) is 7.22. The lowest BCUT2D eigenvalue weighted by atomic mass is 10.0. The number of benzene rings is 1. The number of hydrogen-bond donors (Lipinski definition) is 1. The first kappa shape index (κ1) is 17.4. The SMILES string of the molecule is COCC(=O)Nc1ccc(C(=O)N(C)C2CCCN(C)C2)cc1. The van der Waals surface area contributed by atoms with E-state index in [2.05, 4.69) is 17.3 Å². The molecule has 0 bridgehead atoms. The predicted molar refractivity (Wildman–Crippen MR) is 89.6 cm³/mol. The number of methoxy groups -OCH3 is 1. The number of rotatable bonds is 5. The highest BCUT2D eigenvalue weighted by Gasteiger charge is 2.25. The first-order valence-corrected chi connectivity index (χ1v) is 7.86. The fraction of sp³-hybridized carbons (Fsp3) is 0.529. The van der Waals surface area contributed by atoms with Gasteiger partial charge in [-0.05, 0) is 50.7 Å². The topological polar surface area (TPSA) is 61.9 Å². The molecular formula is C17H25N3O3. The molecule has 2 amide bonds. The largest absolute Gasteiger partial charge is 0.375 e. The van der Waals surface area contributed by atoms with Crippen LogP contribution >= 0.6 is 0 Å². The van der Waals surface area contributed by atoms with Crippen LogP contribution in [0, 0.1) is 0 Å². The van der Waals surface area contributed by atoms with E-state index in [9.17, 15) is 9.59 Å². The number of piperidine rings is 1. The van der Waals surface area contributed by atoms with E-state index in [0.717, 1.165) is 25.9 Å². The van der Waals surface area contributed by atoms with Gasteiger partial charge >= 0.3 is 0 Å². The van der Waals surface area contributed by atoms with Gasteiger partial charge in [-0.2, -0.15) is 0 Å². The van der Waals surface area contributed by atoms with Crippen LogP contribution in [-0.2, 0) is 9.53 Å². The number of hydrogen-bond acceptors (Lipinski definition) is 4. The van der Waals surface area contributed by atoms with Crippen molar-refractivity contribution < 1.29 is 14.3 Å².